The van der Waals surface area contributed by atoms with Crippen LogP contribution in [0.5, 0.6) is 5.75 Å². The Morgan fingerprint density at radius 3 is 2.48 bits per heavy atom. The van der Waals surface area contributed by atoms with E-state index in [1.165, 1.54) is 0 Å². The van der Waals surface area contributed by atoms with E-state index in [0.29, 0.717) is 17.0 Å². The number of aliphatic hydroxyl groups is 1. The van der Waals surface area contributed by atoms with E-state index in [2.05, 4.69) is 16.7 Å². The summed E-state index contributed by atoms with van der Waals surface area (Å²) >= 11 is 0. The fourth-order valence-corrected chi connectivity index (χ4v) is 2.16. The maximum Gasteiger partial charge on any atom is 0.256 e. The Hall–Kier alpha value is -2.92. The van der Waals surface area contributed by atoms with Crippen LogP contribution in [-0.2, 0) is 0 Å². The first kappa shape index (κ1) is 15.0. The van der Waals surface area contributed by atoms with Crippen molar-refractivity contribution in [3.8, 4) is 17.1 Å². The molecule has 0 saturated heterocycles. The van der Waals surface area contributed by atoms with Crippen LogP contribution in [0, 0.1) is 0 Å². The minimum atomic E-state index is -0.926. The molecule has 0 fully saturated rings. The van der Waals surface area contributed by atoms with E-state index in [4.69, 9.17) is 9.26 Å². The number of ether oxygens (including phenoxy) is 1. The Morgan fingerprint density at radius 2 is 1.83 bits per heavy atom. The Morgan fingerprint density at radius 1 is 1.13 bits per heavy atom. The van der Waals surface area contributed by atoms with Crippen molar-refractivity contribution in [1.82, 2.24) is 10.1 Å². The molecule has 0 aliphatic rings. The van der Waals surface area contributed by atoms with Crippen LogP contribution in [-0.4, -0.2) is 22.4 Å². The lowest BCUT2D eigenvalue weighted by Gasteiger charge is -2.11. The second-order valence-corrected chi connectivity index (χ2v) is 4.99. The van der Waals surface area contributed by atoms with Crippen LogP contribution < -0.4 is 4.74 Å². The van der Waals surface area contributed by atoms with Crippen molar-refractivity contribution in [3.63, 3.8) is 0 Å². The van der Waals surface area contributed by atoms with E-state index in [-0.39, 0.29) is 5.89 Å². The highest BCUT2D eigenvalue weighted by molar-refractivity contribution is 5.64. The zero-order valence-corrected chi connectivity index (χ0v) is 12.6. The topological polar surface area (TPSA) is 68.4 Å². The molecule has 0 aliphatic carbocycles. The fourth-order valence-electron chi connectivity index (χ4n) is 2.16. The van der Waals surface area contributed by atoms with E-state index in [9.17, 15) is 5.11 Å². The second-order valence-electron chi connectivity index (χ2n) is 4.99. The molecule has 1 N–H and O–H groups in total. The van der Waals surface area contributed by atoms with E-state index < -0.39 is 6.10 Å². The molecule has 1 atom stereocenters. The summed E-state index contributed by atoms with van der Waals surface area (Å²) in [6, 6.07) is 16.6. The average Bonchev–Trinajstić information content (AvgIpc) is 3.11. The zero-order chi connectivity index (χ0) is 16.2. The molecular formula is C18H16N2O3. The van der Waals surface area contributed by atoms with Gasteiger partial charge in [0.05, 0.1) is 7.11 Å². The number of aromatic nitrogens is 2. The van der Waals surface area contributed by atoms with E-state index in [0.717, 1.165) is 11.3 Å². The summed E-state index contributed by atoms with van der Waals surface area (Å²) in [6.07, 6.45) is -0.926. The maximum atomic E-state index is 10.4. The molecular weight excluding hydrogens is 292 g/mol. The summed E-state index contributed by atoms with van der Waals surface area (Å²) in [5.41, 5.74) is 1.87. The third-order valence-corrected chi connectivity index (χ3v) is 3.49. The number of rotatable bonds is 5. The van der Waals surface area contributed by atoms with Crippen LogP contribution >= 0.6 is 0 Å². The number of nitrogens with zero attached hydrogens (tertiary/aromatic N) is 2. The Balaban J connectivity index is 1.81. The van der Waals surface area contributed by atoms with Gasteiger partial charge in [0, 0.05) is 11.1 Å². The Labute approximate surface area is 133 Å². The number of methoxy groups -OCH3 is 1. The first-order chi connectivity index (χ1) is 11.2. The highest BCUT2D eigenvalue weighted by Gasteiger charge is 2.19. The lowest BCUT2D eigenvalue weighted by molar-refractivity contribution is 0.233. The van der Waals surface area contributed by atoms with Gasteiger partial charge in [-0.05, 0) is 17.7 Å². The van der Waals surface area contributed by atoms with Gasteiger partial charge in [0.15, 0.2) is 0 Å². The summed E-state index contributed by atoms with van der Waals surface area (Å²) in [4.78, 5) is 4.30. The van der Waals surface area contributed by atoms with Gasteiger partial charge < -0.3 is 14.4 Å². The molecule has 0 amide bonds. The largest absolute Gasteiger partial charge is 0.497 e. The zero-order valence-electron chi connectivity index (χ0n) is 12.6. The molecule has 23 heavy (non-hydrogen) atoms. The van der Waals surface area contributed by atoms with Crippen molar-refractivity contribution in [2.24, 2.45) is 0 Å². The van der Waals surface area contributed by atoms with Gasteiger partial charge in [-0.3, -0.25) is 0 Å². The smallest absolute Gasteiger partial charge is 0.256 e. The van der Waals surface area contributed by atoms with Crippen LogP contribution in [0.25, 0.3) is 17.0 Å². The molecule has 0 aliphatic heterocycles. The van der Waals surface area contributed by atoms with Gasteiger partial charge in [0.25, 0.3) is 5.89 Å². The lowest BCUT2D eigenvalue weighted by Crippen LogP contribution is -2.00. The summed E-state index contributed by atoms with van der Waals surface area (Å²) in [7, 11) is 1.59. The van der Waals surface area contributed by atoms with Crippen molar-refractivity contribution < 1.29 is 14.4 Å². The van der Waals surface area contributed by atoms with Gasteiger partial charge in [0.1, 0.15) is 11.9 Å². The SMILES string of the molecule is C=C(c1nc(-c2ccccc2)no1)C(O)c1ccc(OC)cc1. The van der Waals surface area contributed by atoms with Crippen molar-refractivity contribution in [2.75, 3.05) is 7.11 Å². The molecule has 0 bridgehead atoms. The predicted octanol–water partition coefficient (Wildman–Crippen LogP) is 3.49. The highest BCUT2D eigenvalue weighted by atomic mass is 16.5. The van der Waals surface area contributed by atoms with E-state index in [1.807, 2.05) is 30.3 Å². The number of benzene rings is 2. The second kappa shape index (κ2) is 6.46. The van der Waals surface area contributed by atoms with Crippen LogP contribution in [0.2, 0.25) is 0 Å². The third-order valence-electron chi connectivity index (χ3n) is 3.49. The van der Waals surface area contributed by atoms with Crippen LogP contribution in [0.1, 0.15) is 17.6 Å². The highest BCUT2D eigenvalue weighted by Crippen LogP contribution is 2.29. The molecule has 1 heterocycles. The van der Waals surface area contributed by atoms with Gasteiger partial charge in [0.2, 0.25) is 5.82 Å². The standard InChI is InChI=1S/C18H16N2O3/c1-12(16(21)13-8-10-15(22-2)11-9-13)18-19-17(20-23-18)14-6-4-3-5-7-14/h3-11,16,21H,1H2,2H3. The molecule has 2 aromatic carbocycles. The first-order valence-corrected chi connectivity index (χ1v) is 7.09. The molecule has 0 radical (unpaired) electrons. The van der Waals surface area contributed by atoms with E-state index in [1.54, 1.807) is 31.4 Å². The van der Waals surface area contributed by atoms with Gasteiger partial charge in [-0.15, -0.1) is 0 Å². The number of hydrogen-bond donors (Lipinski definition) is 1. The van der Waals surface area contributed by atoms with Crippen LogP contribution in [0.4, 0.5) is 0 Å². The number of hydrogen-bond acceptors (Lipinski definition) is 5. The molecule has 3 rings (SSSR count). The normalized spacial score (nSPS) is 11.9. The summed E-state index contributed by atoms with van der Waals surface area (Å²) < 4.78 is 10.3. The molecule has 5 heteroatoms. The van der Waals surface area contributed by atoms with Crippen molar-refractivity contribution >= 4 is 5.57 Å². The van der Waals surface area contributed by atoms with Crippen molar-refractivity contribution in [3.05, 3.63) is 72.6 Å². The minimum absolute atomic E-state index is 0.215. The lowest BCUT2D eigenvalue weighted by atomic mass is 10.0. The minimum Gasteiger partial charge on any atom is -0.497 e. The van der Waals surface area contributed by atoms with Crippen LogP contribution in [0.3, 0.4) is 0 Å². The van der Waals surface area contributed by atoms with Gasteiger partial charge in [-0.2, -0.15) is 4.98 Å². The van der Waals surface area contributed by atoms with Crippen molar-refractivity contribution in [2.45, 2.75) is 6.10 Å². The van der Waals surface area contributed by atoms with Gasteiger partial charge in [-0.25, -0.2) is 0 Å². The molecule has 0 spiro atoms. The Bertz CT molecular complexity index is 795. The van der Waals surface area contributed by atoms with E-state index >= 15 is 0 Å². The summed E-state index contributed by atoms with van der Waals surface area (Å²) in [5, 5.41) is 14.4. The van der Waals surface area contributed by atoms with Gasteiger partial charge >= 0.3 is 0 Å². The molecule has 0 saturated carbocycles. The van der Waals surface area contributed by atoms with Crippen molar-refractivity contribution in [1.29, 1.82) is 0 Å². The third kappa shape index (κ3) is 3.14. The quantitative estimate of drug-likeness (QED) is 0.781. The van der Waals surface area contributed by atoms with Crippen LogP contribution in [0.15, 0.2) is 65.7 Å². The monoisotopic (exact) mass is 308 g/mol. The molecule has 3 aromatic rings. The van der Waals surface area contributed by atoms with Gasteiger partial charge in [-0.1, -0.05) is 54.2 Å². The first-order valence-electron chi connectivity index (χ1n) is 7.09. The summed E-state index contributed by atoms with van der Waals surface area (Å²) in [6.45, 7) is 3.87. The molecule has 1 aromatic heterocycles. The maximum absolute atomic E-state index is 10.4. The number of aliphatic hydroxyl groups excluding tert-OH is 1. The molecule has 1 unspecified atom stereocenters. The molecule has 116 valence electrons. The average molecular weight is 308 g/mol. The predicted molar refractivity (Wildman–Crippen MR) is 86.7 cm³/mol. The fraction of sp³-hybridized carbons (Fsp3) is 0.111. The summed E-state index contributed by atoms with van der Waals surface area (Å²) in [5.74, 6) is 1.39. The molecule has 5 nitrogen and oxygen atoms in total. The Kier molecular flexibility index (Phi) is 4.21.